The number of nitrogens with one attached hydrogen (secondary N) is 2. The van der Waals surface area contributed by atoms with Crippen molar-refractivity contribution in [1.82, 2.24) is 10.6 Å². The van der Waals surface area contributed by atoms with E-state index in [0.717, 1.165) is 30.0 Å². The topological polar surface area (TPSA) is 101 Å². The minimum absolute atomic E-state index is 0.0360. The van der Waals surface area contributed by atoms with Gasteiger partial charge >= 0.3 is 0 Å². The highest BCUT2D eigenvalue weighted by molar-refractivity contribution is 6.34. The fraction of sp³-hybridized carbons (Fsp3) is 0.364. The summed E-state index contributed by atoms with van der Waals surface area (Å²) in [7, 11) is 0. The lowest BCUT2D eigenvalue weighted by molar-refractivity contribution is -0.384. The Labute approximate surface area is 180 Å². The largest absolute Gasteiger partial charge is 0.347 e. The van der Waals surface area contributed by atoms with Crippen LogP contribution in [-0.2, 0) is 11.2 Å². The SMILES string of the molecule is Cc1ccc2c(c1)C(NC(=O)C(NC(=O)c1cc([N+](=O)[O-])ccc1Cl)C(C)C)CC2. The van der Waals surface area contributed by atoms with Gasteiger partial charge in [0.25, 0.3) is 11.6 Å². The fourth-order valence-corrected chi connectivity index (χ4v) is 3.89. The molecule has 2 atom stereocenters. The molecular weight excluding hydrogens is 406 g/mol. The van der Waals surface area contributed by atoms with Crippen LogP contribution in [-0.4, -0.2) is 22.8 Å². The van der Waals surface area contributed by atoms with E-state index in [4.69, 9.17) is 11.6 Å². The van der Waals surface area contributed by atoms with Crippen LogP contribution in [0, 0.1) is 23.0 Å². The first-order valence-electron chi connectivity index (χ1n) is 9.82. The number of halogens is 1. The minimum atomic E-state index is -0.804. The van der Waals surface area contributed by atoms with Gasteiger partial charge in [0.2, 0.25) is 5.91 Å². The molecule has 2 unspecified atom stereocenters. The van der Waals surface area contributed by atoms with Gasteiger partial charge in [-0.05, 0) is 42.9 Å². The lowest BCUT2D eigenvalue weighted by Crippen LogP contribution is -2.50. The molecule has 2 N–H and O–H groups in total. The zero-order chi connectivity index (χ0) is 22.0. The predicted molar refractivity (Wildman–Crippen MR) is 115 cm³/mol. The Morgan fingerprint density at radius 1 is 1.20 bits per heavy atom. The third kappa shape index (κ3) is 4.62. The molecule has 1 aliphatic rings. The van der Waals surface area contributed by atoms with Crippen LogP contribution in [0.2, 0.25) is 5.02 Å². The summed E-state index contributed by atoms with van der Waals surface area (Å²) < 4.78 is 0. The van der Waals surface area contributed by atoms with Crippen molar-refractivity contribution < 1.29 is 14.5 Å². The molecule has 0 heterocycles. The molecule has 7 nitrogen and oxygen atoms in total. The maximum Gasteiger partial charge on any atom is 0.270 e. The summed E-state index contributed by atoms with van der Waals surface area (Å²) in [6.45, 7) is 5.66. The summed E-state index contributed by atoms with van der Waals surface area (Å²) >= 11 is 6.06. The van der Waals surface area contributed by atoms with E-state index in [0.29, 0.717) is 0 Å². The average molecular weight is 430 g/mol. The number of hydrogen-bond donors (Lipinski definition) is 2. The second-order valence-electron chi connectivity index (χ2n) is 7.92. The maximum atomic E-state index is 13.0. The molecule has 0 radical (unpaired) electrons. The highest BCUT2D eigenvalue weighted by Gasteiger charge is 2.30. The van der Waals surface area contributed by atoms with Gasteiger partial charge in [-0.2, -0.15) is 0 Å². The summed E-state index contributed by atoms with van der Waals surface area (Å²) in [4.78, 5) is 36.1. The predicted octanol–water partition coefficient (Wildman–Crippen LogP) is 4.11. The number of benzene rings is 2. The summed E-state index contributed by atoms with van der Waals surface area (Å²) in [6.07, 6.45) is 1.70. The molecule has 2 amide bonds. The fourth-order valence-electron chi connectivity index (χ4n) is 3.69. The van der Waals surface area contributed by atoms with Crippen LogP contribution < -0.4 is 10.6 Å². The number of carbonyl (C=O) groups is 2. The molecule has 0 aromatic heterocycles. The van der Waals surface area contributed by atoms with Crippen LogP contribution in [0.4, 0.5) is 5.69 Å². The number of hydrogen-bond acceptors (Lipinski definition) is 4. The first kappa shape index (κ1) is 21.8. The van der Waals surface area contributed by atoms with Crippen molar-refractivity contribution in [3.05, 3.63) is 73.8 Å². The Morgan fingerprint density at radius 3 is 2.60 bits per heavy atom. The average Bonchev–Trinajstić information content (AvgIpc) is 3.07. The molecule has 0 saturated carbocycles. The van der Waals surface area contributed by atoms with Crippen molar-refractivity contribution in [1.29, 1.82) is 0 Å². The number of nitrogens with zero attached hydrogens (tertiary/aromatic N) is 1. The van der Waals surface area contributed by atoms with Crippen molar-refractivity contribution in [2.45, 2.75) is 45.7 Å². The van der Waals surface area contributed by atoms with Gasteiger partial charge in [-0.15, -0.1) is 0 Å². The van der Waals surface area contributed by atoms with Gasteiger partial charge in [-0.25, -0.2) is 0 Å². The summed E-state index contributed by atoms with van der Waals surface area (Å²) in [6, 6.07) is 8.96. The number of amides is 2. The Morgan fingerprint density at radius 2 is 1.93 bits per heavy atom. The quantitative estimate of drug-likeness (QED) is 0.532. The van der Waals surface area contributed by atoms with Crippen molar-refractivity contribution in [2.75, 3.05) is 0 Å². The van der Waals surface area contributed by atoms with E-state index in [9.17, 15) is 19.7 Å². The van der Waals surface area contributed by atoms with Crippen LogP contribution in [0.15, 0.2) is 36.4 Å². The van der Waals surface area contributed by atoms with Gasteiger partial charge in [-0.3, -0.25) is 19.7 Å². The van der Waals surface area contributed by atoms with Gasteiger partial charge in [-0.1, -0.05) is 49.2 Å². The van der Waals surface area contributed by atoms with Crippen LogP contribution in [0.1, 0.15) is 53.4 Å². The molecule has 1 aliphatic carbocycles. The van der Waals surface area contributed by atoms with E-state index in [1.54, 1.807) is 0 Å². The minimum Gasteiger partial charge on any atom is -0.347 e. The van der Waals surface area contributed by atoms with Crippen molar-refractivity contribution in [3.8, 4) is 0 Å². The Kier molecular flexibility index (Phi) is 6.41. The van der Waals surface area contributed by atoms with Crippen molar-refractivity contribution >= 4 is 29.1 Å². The number of rotatable bonds is 6. The van der Waals surface area contributed by atoms with E-state index in [1.165, 1.54) is 17.7 Å². The lowest BCUT2D eigenvalue weighted by Gasteiger charge is -2.24. The second-order valence-corrected chi connectivity index (χ2v) is 8.33. The molecule has 158 valence electrons. The standard InChI is InChI=1S/C22H24ClN3O4/c1-12(2)20(25-21(27)17-11-15(26(29)30)7-8-18(17)23)22(28)24-19-9-6-14-5-4-13(3)10-16(14)19/h4-5,7-8,10-12,19-20H,6,9H2,1-3H3,(H,24,28)(H,25,27). The van der Waals surface area contributed by atoms with Crippen molar-refractivity contribution in [3.63, 3.8) is 0 Å². The molecule has 0 saturated heterocycles. The molecule has 0 spiro atoms. The number of non-ortho nitro benzene ring substituents is 1. The molecule has 2 aromatic rings. The Balaban J connectivity index is 1.76. The third-order valence-electron chi connectivity index (χ3n) is 5.34. The number of carbonyl (C=O) groups excluding carboxylic acids is 2. The monoisotopic (exact) mass is 429 g/mol. The molecule has 8 heteroatoms. The van der Waals surface area contributed by atoms with E-state index in [2.05, 4.69) is 28.8 Å². The summed E-state index contributed by atoms with van der Waals surface area (Å²) in [5.74, 6) is -1.11. The van der Waals surface area contributed by atoms with E-state index >= 15 is 0 Å². The van der Waals surface area contributed by atoms with E-state index < -0.39 is 16.9 Å². The van der Waals surface area contributed by atoms with Gasteiger partial charge in [0.05, 0.1) is 21.6 Å². The van der Waals surface area contributed by atoms with Crippen LogP contribution in [0.25, 0.3) is 0 Å². The summed E-state index contributed by atoms with van der Waals surface area (Å²) in [5, 5.41) is 16.8. The van der Waals surface area contributed by atoms with Crippen molar-refractivity contribution in [2.24, 2.45) is 5.92 Å². The van der Waals surface area contributed by atoms with Gasteiger partial charge < -0.3 is 10.6 Å². The second kappa shape index (κ2) is 8.83. The first-order valence-corrected chi connectivity index (χ1v) is 10.2. The van der Waals surface area contributed by atoms with Gasteiger partial charge in [0.1, 0.15) is 6.04 Å². The molecule has 2 aromatic carbocycles. The highest BCUT2D eigenvalue weighted by Crippen LogP contribution is 2.32. The molecule has 0 bridgehead atoms. The van der Waals surface area contributed by atoms with Crippen LogP contribution in [0.5, 0.6) is 0 Å². The Bertz CT molecular complexity index is 1010. The van der Waals surface area contributed by atoms with Crippen LogP contribution >= 0.6 is 11.6 Å². The highest BCUT2D eigenvalue weighted by atomic mass is 35.5. The molecular formula is C22H24ClN3O4. The zero-order valence-electron chi connectivity index (χ0n) is 17.1. The third-order valence-corrected chi connectivity index (χ3v) is 5.67. The van der Waals surface area contributed by atoms with Gasteiger partial charge in [0.15, 0.2) is 0 Å². The Hall–Kier alpha value is -2.93. The number of nitro benzene ring substituents is 1. The molecule has 3 rings (SSSR count). The normalized spacial score (nSPS) is 16.1. The van der Waals surface area contributed by atoms with Crippen LogP contribution in [0.3, 0.4) is 0 Å². The smallest absolute Gasteiger partial charge is 0.270 e. The maximum absolute atomic E-state index is 13.0. The number of nitro groups is 1. The van der Waals surface area contributed by atoms with Gasteiger partial charge in [0, 0.05) is 12.1 Å². The lowest BCUT2D eigenvalue weighted by atomic mass is 10.0. The first-order chi connectivity index (χ1) is 14.2. The van der Waals surface area contributed by atoms with E-state index in [-0.39, 0.29) is 34.1 Å². The zero-order valence-corrected chi connectivity index (χ0v) is 17.8. The number of fused-ring (bicyclic) bond motifs is 1. The molecule has 30 heavy (non-hydrogen) atoms. The molecule has 0 aliphatic heterocycles. The summed E-state index contributed by atoms with van der Waals surface area (Å²) in [5.41, 5.74) is 3.18. The number of aryl methyl sites for hydroxylation is 2. The molecule has 0 fully saturated rings. The van der Waals surface area contributed by atoms with E-state index in [1.807, 2.05) is 20.8 Å².